The van der Waals surface area contributed by atoms with Crippen LogP contribution in [-0.2, 0) is 6.42 Å². The standard InChI is InChI=1S/C18H33N5O.HI/c1-5-15(6-2)16-10-12-23(13-16)18(19-7-3)20-11-8-9-17-21-14(4)22-24-17;/h15-16H,5-13H2,1-4H3,(H,19,20);1H. The molecule has 1 fully saturated rings. The summed E-state index contributed by atoms with van der Waals surface area (Å²) in [5.41, 5.74) is 0. The Labute approximate surface area is 169 Å². The third kappa shape index (κ3) is 6.75. The molecule has 2 heterocycles. The van der Waals surface area contributed by atoms with Crippen LogP contribution in [-0.4, -0.2) is 47.2 Å². The van der Waals surface area contributed by atoms with Gasteiger partial charge < -0.3 is 14.7 Å². The van der Waals surface area contributed by atoms with Crippen LogP contribution in [0.3, 0.4) is 0 Å². The minimum atomic E-state index is 0. The van der Waals surface area contributed by atoms with Crippen LogP contribution in [0, 0.1) is 18.8 Å². The van der Waals surface area contributed by atoms with Crippen molar-refractivity contribution in [2.45, 2.75) is 59.8 Å². The van der Waals surface area contributed by atoms with Crippen molar-refractivity contribution in [3.05, 3.63) is 11.7 Å². The molecule has 0 amide bonds. The van der Waals surface area contributed by atoms with Crippen molar-refractivity contribution in [2.24, 2.45) is 16.8 Å². The van der Waals surface area contributed by atoms with Crippen LogP contribution in [0.1, 0.15) is 58.2 Å². The van der Waals surface area contributed by atoms with Crippen molar-refractivity contribution in [2.75, 3.05) is 26.2 Å². The Morgan fingerprint density at radius 1 is 1.36 bits per heavy atom. The highest BCUT2D eigenvalue weighted by Crippen LogP contribution is 2.28. The molecular weight excluding hydrogens is 429 g/mol. The van der Waals surface area contributed by atoms with Gasteiger partial charge in [0.15, 0.2) is 11.8 Å². The molecule has 25 heavy (non-hydrogen) atoms. The van der Waals surface area contributed by atoms with Crippen molar-refractivity contribution in [1.82, 2.24) is 20.4 Å². The van der Waals surface area contributed by atoms with E-state index in [1.165, 1.54) is 19.3 Å². The summed E-state index contributed by atoms with van der Waals surface area (Å²) >= 11 is 0. The molecule has 6 nitrogen and oxygen atoms in total. The van der Waals surface area contributed by atoms with Gasteiger partial charge >= 0.3 is 0 Å². The predicted molar refractivity (Wildman–Crippen MR) is 113 cm³/mol. The molecule has 1 N–H and O–H groups in total. The average Bonchev–Trinajstić information content (AvgIpc) is 3.21. The Hall–Kier alpha value is -0.860. The summed E-state index contributed by atoms with van der Waals surface area (Å²) in [6.07, 6.45) is 5.58. The highest BCUT2D eigenvalue weighted by atomic mass is 127. The van der Waals surface area contributed by atoms with E-state index in [-0.39, 0.29) is 24.0 Å². The maximum Gasteiger partial charge on any atom is 0.226 e. The van der Waals surface area contributed by atoms with Gasteiger partial charge in [0.1, 0.15) is 0 Å². The van der Waals surface area contributed by atoms with Gasteiger partial charge in [0, 0.05) is 32.6 Å². The van der Waals surface area contributed by atoms with Crippen molar-refractivity contribution in [1.29, 1.82) is 0 Å². The largest absolute Gasteiger partial charge is 0.357 e. The molecule has 1 unspecified atom stereocenters. The summed E-state index contributed by atoms with van der Waals surface area (Å²) in [4.78, 5) is 11.5. The molecule has 1 saturated heterocycles. The van der Waals surface area contributed by atoms with Gasteiger partial charge in [0.25, 0.3) is 0 Å². The third-order valence-corrected chi connectivity index (χ3v) is 4.95. The number of rotatable bonds is 8. The second-order valence-corrected chi connectivity index (χ2v) is 6.65. The van der Waals surface area contributed by atoms with Crippen molar-refractivity contribution in [3.8, 4) is 0 Å². The van der Waals surface area contributed by atoms with Crippen LogP contribution in [0.5, 0.6) is 0 Å². The second-order valence-electron chi connectivity index (χ2n) is 6.65. The number of nitrogens with zero attached hydrogens (tertiary/aromatic N) is 4. The molecule has 0 aromatic carbocycles. The first kappa shape index (κ1) is 22.2. The highest BCUT2D eigenvalue weighted by Gasteiger charge is 2.29. The summed E-state index contributed by atoms with van der Waals surface area (Å²) in [7, 11) is 0. The lowest BCUT2D eigenvalue weighted by atomic mass is 9.87. The molecule has 0 bridgehead atoms. The highest BCUT2D eigenvalue weighted by molar-refractivity contribution is 14.0. The van der Waals surface area contributed by atoms with E-state index in [0.29, 0.717) is 11.7 Å². The molecule has 0 saturated carbocycles. The Bertz CT molecular complexity index is 515. The Kier molecular flexibility index (Phi) is 10.4. The zero-order valence-electron chi connectivity index (χ0n) is 16.1. The number of aliphatic imine (C=N–C) groups is 1. The molecule has 1 atom stereocenters. The summed E-state index contributed by atoms with van der Waals surface area (Å²) in [6, 6.07) is 0. The van der Waals surface area contributed by atoms with Crippen LogP contribution in [0.25, 0.3) is 0 Å². The van der Waals surface area contributed by atoms with Gasteiger partial charge in [0.2, 0.25) is 5.89 Å². The molecule has 1 aromatic rings. The summed E-state index contributed by atoms with van der Waals surface area (Å²) < 4.78 is 5.15. The zero-order chi connectivity index (χ0) is 17.4. The average molecular weight is 463 g/mol. The molecule has 1 aromatic heterocycles. The summed E-state index contributed by atoms with van der Waals surface area (Å²) in [5, 5.41) is 7.27. The van der Waals surface area contributed by atoms with Gasteiger partial charge in [-0.3, -0.25) is 4.99 Å². The monoisotopic (exact) mass is 463 g/mol. The molecule has 7 heteroatoms. The van der Waals surface area contributed by atoms with E-state index in [2.05, 4.69) is 41.1 Å². The van der Waals surface area contributed by atoms with Gasteiger partial charge in [-0.15, -0.1) is 24.0 Å². The third-order valence-electron chi connectivity index (χ3n) is 4.95. The Balaban J connectivity index is 0.00000312. The van der Waals surface area contributed by atoms with E-state index in [9.17, 15) is 0 Å². The van der Waals surface area contributed by atoms with Crippen molar-refractivity contribution in [3.63, 3.8) is 0 Å². The lowest BCUT2D eigenvalue weighted by molar-refractivity contribution is 0.319. The molecule has 1 aliphatic rings. The van der Waals surface area contributed by atoms with Gasteiger partial charge in [-0.1, -0.05) is 31.8 Å². The van der Waals surface area contributed by atoms with Crippen LogP contribution in [0.15, 0.2) is 9.52 Å². The molecule has 0 radical (unpaired) electrons. The summed E-state index contributed by atoms with van der Waals surface area (Å²) in [6.45, 7) is 12.6. The minimum Gasteiger partial charge on any atom is -0.357 e. The second kappa shape index (κ2) is 11.7. The molecule has 1 aliphatic heterocycles. The normalized spacial score (nSPS) is 17.9. The van der Waals surface area contributed by atoms with Crippen molar-refractivity contribution >= 4 is 29.9 Å². The molecule has 144 valence electrons. The van der Waals surface area contributed by atoms with Crippen LogP contribution >= 0.6 is 24.0 Å². The maximum absolute atomic E-state index is 5.15. The van der Waals surface area contributed by atoms with E-state index in [4.69, 9.17) is 9.52 Å². The molecule has 0 aliphatic carbocycles. The number of nitrogens with one attached hydrogen (secondary N) is 1. The molecule has 2 rings (SSSR count). The number of hydrogen-bond donors (Lipinski definition) is 1. The fraction of sp³-hybridized carbons (Fsp3) is 0.833. The van der Waals surface area contributed by atoms with E-state index in [0.717, 1.165) is 56.8 Å². The number of aryl methyl sites for hydroxylation is 2. The fourth-order valence-corrected chi connectivity index (χ4v) is 3.60. The first-order chi connectivity index (χ1) is 11.7. The summed E-state index contributed by atoms with van der Waals surface area (Å²) in [5.74, 6) is 4.13. The Morgan fingerprint density at radius 3 is 2.72 bits per heavy atom. The lowest BCUT2D eigenvalue weighted by Gasteiger charge is -2.24. The minimum absolute atomic E-state index is 0. The predicted octanol–water partition coefficient (Wildman–Crippen LogP) is 3.65. The topological polar surface area (TPSA) is 66.5 Å². The smallest absolute Gasteiger partial charge is 0.226 e. The van der Waals surface area contributed by atoms with Crippen LogP contribution in [0.2, 0.25) is 0 Å². The van der Waals surface area contributed by atoms with E-state index in [1.54, 1.807) is 0 Å². The SMILES string of the molecule is CCNC(=NCCCc1nc(C)no1)N1CCC(C(CC)CC)C1.I. The Morgan fingerprint density at radius 2 is 2.12 bits per heavy atom. The molecular formula is C18H34IN5O. The van der Waals surface area contributed by atoms with Crippen LogP contribution in [0.4, 0.5) is 0 Å². The number of guanidine groups is 1. The van der Waals surface area contributed by atoms with E-state index >= 15 is 0 Å². The van der Waals surface area contributed by atoms with E-state index < -0.39 is 0 Å². The number of aromatic nitrogens is 2. The maximum atomic E-state index is 5.15. The fourth-order valence-electron chi connectivity index (χ4n) is 3.60. The number of halogens is 1. The first-order valence-corrected chi connectivity index (χ1v) is 9.50. The number of hydrogen-bond acceptors (Lipinski definition) is 4. The zero-order valence-corrected chi connectivity index (χ0v) is 18.5. The van der Waals surface area contributed by atoms with Gasteiger partial charge in [0.05, 0.1) is 0 Å². The van der Waals surface area contributed by atoms with Crippen LogP contribution < -0.4 is 5.32 Å². The lowest BCUT2D eigenvalue weighted by Crippen LogP contribution is -2.40. The van der Waals surface area contributed by atoms with Gasteiger partial charge in [-0.2, -0.15) is 4.98 Å². The first-order valence-electron chi connectivity index (χ1n) is 9.50. The quantitative estimate of drug-likeness (QED) is 0.276. The van der Waals surface area contributed by atoms with Gasteiger partial charge in [-0.25, -0.2) is 0 Å². The van der Waals surface area contributed by atoms with Gasteiger partial charge in [-0.05, 0) is 38.5 Å². The van der Waals surface area contributed by atoms with E-state index in [1.807, 2.05) is 6.92 Å². The number of likely N-dealkylation sites (tertiary alicyclic amines) is 1. The van der Waals surface area contributed by atoms with Crippen molar-refractivity contribution < 1.29 is 4.52 Å². The molecule has 0 spiro atoms.